The van der Waals surface area contributed by atoms with Crippen molar-refractivity contribution in [1.82, 2.24) is 0 Å². The maximum Gasteiger partial charge on any atom is 0.303 e. The number of hydrogen-bond donors (Lipinski definition) is 1. The molecular formula is C12H11ClO5. The van der Waals surface area contributed by atoms with Gasteiger partial charge in [0.1, 0.15) is 0 Å². The van der Waals surface area contributed by atoms with Crippen molar-refractivity contribution in [2.24, 2.45) is 0 Å². The van der Waals surface area contributed by atoms with Gasteiger partial charge in [0, 0.05) is 12.3 Å². The Labute approximate surface area is 108 Å². The van der Waals surface area contributed by atoms with Crippen molar-refractivity contribution in [3.8, 4) is 11.5 Å². The smallest absolute Gasteiger partial charge is 0.303 e. The lowest BCUT2D eigenvalue weighted by atomic mass is 9.93. The minimum atomic E-state index is -0.976. The summed E-state index contributed by atoms with van der Waals surface area (Å²) in [6.45, 7) is 0.150. The number of rotatable bonds is 5. The van der Waals surface area contributed by atoms with Crippen LogP contribution < -0.4 is 9.47 Å². The molecule has 1 aliphatic heterocycles. The fourth-order valence-electron chi connectivity index (χ4n) is 1.88. The predicted octanol–water partition coefficient (Wildman–Crippen LogP) is 2.13. The maximum absolute atomic E-state index is 11.0. The van der Waals surface area contributed by atoms with E-state index in [9.17, 15) is 9.59 Å². The fraction of sp³-hybridized carbons (Fsp3) is 0.333. The summed E-state index contributed by atoms with van der Waals surface area (Å²) in [4.78, 5) is 21.7. The van der Waals surface area contributed by atoms with Crippen LogP contribution in [0.4, 0.5) is 0 Å². The number of carbonyl (C=O) groups excluding carboxylic acids is 1. The van der Waals surface area contributed by atoms with Crippen molar-refractivity contribution >= 4 is 22.8 Å². The zero-order chi connectivity index (χ0) is 13.1. The summed E-state index contributed by atoms with van der Waals surface area (Å²) in [7, 11) is 0. The summed E-state index contributed by atoms with van der Waals surface area (Å²) in [5.74, 6) is -0.257. The quantitative estimate of drug-likeness (QED) is 0.830. The highest BCUT2D eigenvalue weighted by atomic mass is 35.5. The Bertz CT molecular complexity index is 469. The zero-order valence-corrected chi connectivity index (χ0v) is 10.1. The van der Waals surface area contributed by atoms with Crippen LogP contribution in [0.1, 0.15) is 24.3 Å². The number of ether oxygens (including phenoxy) is 2. The molecule has 0 aliphatic carbocycles. The molecule has 6 heteroatoms. The van der Waals surface area contributed by atoms with Crippen molar-refractivity contribution in [3.05, 3.63) is 23.8 Å². The molecule has 0 fully saturated rings. The average Bonchev–Trinajstić information content (AvgIpc) is 2.73. The fourth-order valence-corrected chi connectivity index (χ4v) is 2.07. The van der Waals surface area contributed by atoms with Crippen LogP contribution in [0.5, 0.6) is 11.5 Å². The standard InChI is InChI=1S/C12H11ClO5/c13-11(14)4-8(5-12(15)16)7-1-2-9-10(3-7)18-6-17-9/h1-3,8H,4-6H2,(H,15,16)/t8-/m1/s1. The van der Waals surface area contributed by atoms with Gasteiger partial charge in [0.15, 0.2) is 11.5 Å². The number of carboxylic acids is 1. The summed E-state index contributed by atoms with van der Waals surface area (Å²) < 4.78 is 10.4. The molecule has 0 saturated carbocycles. The second-order valence-corrected chi connectivity index (χ2v) is 4.39. The van der Waals surface area contributed by atoms with Gasteiger partial charge < -0.3 is 14.6 Å². The van der Waals surface area contributed by atoms with Crippen LogP contribution in [0, 0.1) is 0 Å². The molecule has 0 aromatic heterocycles. The van der Waals surface area contributed by atoms with Gasteiger partial charge in [-0.3, -0.25) is 9.59 Å². The van der Waals surface area contributed by atoms with Gasteiger partial charge in [-0.2, -0.15) is 0 Å². The molecule has 1 atom stereocenters. The molecule has 1 aromatic carbocycles. The number of fused-ring (bicyclic) bond motifs is 1. The van der Waals surface area contributed by atoms with E-state index in [-0.39, 0.29) is 19.6 Å². The van der Waals surface area contributed by atoms with E-state index in [4.69, 9.17) is 26.2 Å². The van der Waals surface area contributed by atoms with Gasteiger partial charge in [-0.05, 0) is 29.3 Å². The maximum atomic E-state index is 11.0. The molecule has 1 N–H and O–H groups in total. The first-order valence-electron chi connectivity index (χ1n) is 5.36. The third-order valence-electron chi connectivity index (χ3n) is 2.70. The predicted molar refractivity (Wildman–Crippen MR) is 63.0 cm³/mol. The van der Waals surface area contributed by atoms with Crippen molar-refractivity contribution in [2.75, 3.05) is 6.79 Å². The molecule has 0 saturated heterocycles. The zero-order valence-electron chi connectivity index (χ0n) is 9.39. The van der Waals surface area contributed by atoms with Gasteiger partial charge >= 0.3 is 5.97 Å². The van der Waals surface area contributed by atoms with Crippen LogP contribution in [0.25, 0.3) is 0 Å². The number of carbonyl (C=O) groups is 2. The molecule has 18 heavy (non-hydrogen) atoms. The average molecular weight is 271 g/mol. The Kier molecular flexibility index (Phi) is 3.72. The van der Waals surface area contributed by atoms with Crippen LogP contribution in [0.2, 0.25) is 0 Å². The van der Waals surface area contributed by atoms with Crippen LogP contribution in [-0.4, -0.2) is 23.1 Å². The van der Waals surface area contributed by atoms with Crippen molar-refractivity contribution < 1.29 is 24.2 Å². The molecule has 0 radical (unpaired) electrons. The molecule has 0 amide bonds. The number of benzene rings is 1. The highest BCUT2D eigenvalue weighted by Gasteiger charge is 2.21. The van der Waals surface area contributed by atoms with Crippen LogP contribution in [-0.2, 0) is 9.59 Å². The lowest BCUT2D eigenvalue weighted by Gasteiger charge is -2.13. The second kappa shape index (κ2) is 5.27. The topological polar surface area (TPSA) is 72.8 Å². The normalized spacial score (nSPS) is 14.3. The molecule has 1 aromatic rings. The molecule has 2 rings (SSSR count). The van der Waals surface area contributed by atoms with Crippen LogP contribution in [0.3, 0.4) is 0 Å². The Morgan fingerprint density at radius 3 is 2.67 bits per heavy atom. The minimum absolute atomic E-state index is 0.0203. The third kappa shape index (κ3) is 2.92. The van der Waals surface area contributed by atoms with Gasteiger partial charge in [-0.25, -0.2) is 0 Å². The third-order valence-corrected chi connectivity index (χ3v) is 2.85. The summed E-state index contributed by atoms with van der Waals surface area (Å²) in [6.07, 6.45) is -0.175. The van der Waals surface area contributed by atoms with Gasteiger partial charge in [0.05, 0.1) is 6.42 Å². The first kappa shape index (κ1) is 12.7. The van der Waals surface area contributed by atoms with E-state index in [0.717, 1.165) is 0 Å². The number of aliphatic carboxylic acids is 1. The second-order valence-electron chi connectivity index (χ2n) is 3.97. The van der Waals surface area contributed by atoms with E-state index in [1.807, 2.05) is 0 Å². The molecule has 0 unspecified atom stereocenters. The molecule has 1 heterocycles. The van der Waals surface area contributed by atoms with E-state index >= 15 is 0 Å². The summed E-state index contributed by atoms with van der Waals surface area (Å²) in [6, 6.07) is 5.11. The summed E-state index contributed by atoms with van der Waals surface area (Å²) >= 11 is 5.34. The molecule has 0 spiro atoms. The van der Waals surface area contributed by atoms with Gasteiger partial charge in [-0.15, -0.1) is 0 Å². The minimum Gasteiger partial charge on any atom is -0.481 e. The van der Waals surface area contributed by atoms with Crippen molar-refractivity contribution in [2.45, 2.75) is 18.8 Å². The Morgan fingerprint density at radius 1 is 1.28 bits per heavy atom. The largest absolute Gasteiger partial charge is 0.481 e. The summed E-state index contributed by atoms with van der Waals surface area (Å²) in [5, 5.41) is 8.28. The SMILES string of the molecule is O=C(O)C[C@@H](CC(=O)Cl)c1ccc2c(c1)OCO2. The first-order chi connectivity index (χ1) is 8.56. The lowest BCUT2D eigenvalue weighted by molar-refractivity contribution is -0.137. The lowest BCUT2D eigenvalue weighted by Crippen LogP contribution is -2.09. The highest BCUT2D eigenvalue weighted by molar-refractivity contribution is 6.63. The Hall–Kier alpha value is -1.75. The highest BCUT2D eigenvalue weighted by Crippen LogP contribution is 2.36. The van der Waals surface area contributed by atoms with E-state index in [0.29, 0.717) is 17.1 Å². The van der Waals surface area contributed by atoms with Crippen molar-refractivity contribution in [1.29, 1.82) is 0 Å². The van der Waals surface area contributed by atoms with E-state index < -0.39 is 17.1 Å². The number of hydrogen-bond acceptors (Lipinski definition) is 4. The Balaban J connectivity index is 2.24. The Morgan fingerprint density at radius 2 is 2.00 bits per heavy atom. The molecule has 96 valence electrons. The molecule has 0 bridgehead atoms. The van der Waals surface area contributed by atoms with E-state index in [1.54, 1.807) is 18.2 Å². The number of carboxylic acid groups (broad SMARTS) is 1. The van der Waals surface area contributed by atoms with E-state index in [2.05, 4.69) is 0 Å². The molecule has 1 aliphatic rings. The first-order valence-corrected chi connectivity index (χ1v) is 5.73. The van der Waals surface area contributed by atoms with Gasteiger partial charge in [0.25, 0.3) is 0 Å². The van der Waals surface area contributed by atoms with Gasteiger partial charge in [0.2, 0.25) is 12.0 Å². The molecule has 5 nitrogen and oxygen atoms in total. The monoisotopic (exact) mass is 270 g/mol. The van der Waals surface area contributed by atoms with Crippen LogP contribution in [0.15, 0.2) is 18.2 Å². The van der Waals surface area contributed by atoms with Gasteiger partial charge in [-0.1, -0.05) is 6.07 Å². The van der Waals surface area contributed by atoms with Crippen molar-refractivity contribution in [3.63, 3.8) is 0 Å². The van der Waals surface area contributed by atoms with E-state index in [1.165, 1.54) is 0 Å². The number of halogens is 1. The van der Waals surface area contributed by atoms with Crippen LogP contribution >= 0.6 is 11.6 Å². The molecular weight excluding hydrogens is 260 g/mol. The summed E-state index contributed by atoms with van der Waals surface area (Å²) in [5.41, 5.74) is 0.704.